The van der Waals surface area contributed by atoms with E-state index in [4.69, 9.17) is 28.4 Å². The Balaban J connectivity index is 0.000000513. The number of esters is 3. The fourth-order valence-electron chi connectivity index (χ4n) is 5.26. The summed E-state index contributed by atoms with van der Waals surface area (Å²) in [5, 5.41) is 0. The van der Waals surface area contributed by atoms with E-state index < -0.39 is 11.9 Å². The van der Waals surface area contributed by atoms with Gasteiger partial charge < -0.3 is 28.4 Å². The summed E-state index contributed by atoms with van der Waals surface area (Å²) in [4.78, 5) is 36.6. The molecule has 9 nitrogen and oxygen atoms in total. The van der Waals surface area contributed by atoms with Gasteiger partial charge in [0.15, 0.2) is 0 Å². The number of hydrogen-bond acceptors (Lipinski definition) is 9. The van der Waals surface area contributed by atoms with Crippen LogP contribution in [0.5, 0.6) is 17.2 Å². The Hall–Kier alpha value is -3.53. The van der Waals surface area contributed by atoms with Crippen molar-refractivity contribution in [3.63, 3.8) is 0 Å². The Morgan fingerprint density at radius 1 is 0.500 bits per heavy atom. The molecule has 11 heteroatoms. The summed E-state index contributed by atoms with van der Waals surface area (Å²) in [7, 11) is 8.76. The van der Waals surface area contributed by atoms with Crippen LogP contribution in [-0.2, 0) is 31.3 Å². The van der Waals surface area contributed by atoms with Gasteiger partial charge in [-0.2, -0.15) is 0 Å². The Morgan fingerprint density at radius 2 is 0.773 bits per heavy atom. The van der Waals surface area contributed by atoms with Gasteiger partial charge in [-0.15, -0.1) is 0 Å². The topological polar surface area (TPSA) is 107 Å². The number of rotatable bonds is 7. The maximum atomic E-state index is 12.6. The fraction of sp³-hybridized carbons (Fsp3) is 0.364. The van der Waals surface area contributed by atoms with Crippen LogP contribution in [-0.4, -0.2) is 60.6 Å². The van der Waals surface area contributed by atoms with Crippen molar-refractivity contribution in [2.45, 2.75) is 41.5 Å². The molecular formula is C33H39BrCuO9. The van der Waals surface area contributed by atoms with Crippen molar-refractivity contribution in [2.24, 2.45) is 0 Å². The van der Waals surface area contributed by atoms with E-state index in [0.29, 0.717) is 39.3 Å². The first-order valence-electron chi connectivity index (χ1n) is 13.2. The zero-order valence-electron chi connectivity index (χ0n) is 27.1. The zero-order chi connectivity index (χ0) is 32.8. The average molecular weight is 723 g/mol. The average Bonchev–Trinajstić information content (AvgIpc) is 2.98. The Bertz CT molecular complexity index is 1490. The Kier molecular flexibility index (Phi) is 14.4. The smallest absolute Gasteiger partial charge is 0.339 e. The molecule has 0 heterocycles. The minimum atomic E-state index is -0.501. The summed E-state index contributed by atoms with van der Waals surface area (Å²) in [6.45, 7) is 11.2. The molecule has 3 aromatic carbocycles. The van der Waals surface area contributed by atoms with Crippen LogP contribution >= 0.6 is 15.9 Å². The van der Waals surface area contributed by atoms with Gasteiger partial charge in [0.2, 0.25) is 0 Å². The first-order valence-corrected chi connectivity index (χ1v) is 14.0. The Morgan fingerprint density at radius 3 is 1.07 bits per heavy atom. The first-order chi connectivity index (χ1) is 20.2. The Labute approximate surface area is 278 Å². The van der Waals surface area contributed by atoms with Gasteiger partial charge in [0, 0.05) is 49.4 Å². The molecule has 0 saturated carbocycles. The molecule has 0 unspecified atom stereocenters. The molecule has 0 N–H and O–H groups in total. The molecule has 0 aliphatic heterocycles. The third kappa shape index (κ3) is 7.57. The normalized spacial score (nSPS) is 10.0. The van der Waals surface area contributed by atoms with E-state index in [2.05, 4.69) is 15.9 Å². The van der Waals surface area contributed by atoms with E-state index in [1.165, 1.54) is 21.3 Å². The van der Waals surface area contributed by atoms with Crippen LogP contribution in [0.4, 0.5) is 0 Å². The monoisotopic (exact) mass is 721 g/mol. The first kappa shape index (κ1) is 38.5. The number of ether oxygens (including phenoxy) is 6. The van der Waals surface area contributed by atoms with Crippen molar-refractivity contribution in [1.82, 2.24) is 0 Å². The SMILES string of the molecule is COC(=O)c1cc(C)c(OC)c(C)c1-c1c(C(=O)OC)cc(C)c(OC)c1C.COC(=O)c1cc(C)c(OC)c(C)c1Br.[Cu]. The molecule has 0 aliphatic rings. The molecule has 3 rings (SSSR count). The van der Waals surface area contributed by atoms with E-state index in [1.54, 1.807) is 39.5 Å². The molecule has 0 spiro atoms. The van der Waals surface area contributed by atoms with E-state index >= 15 is 0 Å². The second-order valence-corrected chi connectivity index (χ2v) is 10.5. The number of hydrogen-bond donors (Lipinski definition) is 0. The molecule has 243 valence electrons. The second-order valence-electron chi connectivity index (χ2n) is 9.74. The molecule has 3 aromatic rings. The van der Waals surface area contributed by atoms with Crippen LogP contribution in [0.25, 0.3) is 11.1 Å². The molecule has 0 saturated heterocycles. The standard InChI is InChI=1S/C22H26O6.C11H13BrO3.Cu/c1-11-9-15(21(23)27-7)17(13(3)19(11)25-5)18-14(4)20(26-6)12(2)10-16(18)22(24)28-8;1-6-5-8(11(13)15-4)9(12)7(2)10(6)14-3;/h9-10H,1-8H3;5H,1-4H3;. The summed E-state index contributed by atoms with van der Waals surface area (Å²) in [6.07, 6.45) is 0. The van der Waals surface area contributed by atoms with Crippen molar-refractivity contribution in [2.75, 3.05) is 42.7 Å². The van der Waals surface area contributed by atoms with Crippen molar-refractivity contribution >= 4 is 33.8 Å². The van der Waals surface area contributed by atoms with Gasteiger partial charge >= 0.3 is 17.9 Å². The van der Waals surface area contributed by atoms with Crippen molar-refractivity contribution in [1.29, 1.82) is 0 Å². The van der Waals surface area contributed by atoms with Gasteiger partial charge in [-0.05, 0) is 92.4 Å². The predicted molar refractivity (Wildman–Crippen MR) is 168 cm³/mol. The zero-order valence-corrected chi connectivity index (χ0v) is 29.6. The molecule has 0 bridgehead atoms. The number of methoxy groups -OCH3 is 6. The molecular weight excluding hydrogens is 684 g/mol. The van der Waals surface area contributed by atoms with Gasteiger partial charge in [-0.25, -0.2) is 14.4 Å². The molecule has 0 aliphatic carbocycles. The summed E-state index contributed by atoms with van der Waals surface area (Å²) < 4.78 is 31.8. The number of carbonyl (C=O) groups excluding carboxylic acids is 3. The number of benzene rings is 3. The third-order valence-corrected chi connectivity index (χ3v) is 8.13. The minimum absolute atomic E-state index is 0. The quantitative estimate of drug-likeness (QED) is 0.144. The van der Waals surface area contributed by atoms with Gasteiger partial charge in [0.1, 0.15) is 17.2 Å². The number of halogens is 1. The maximum absolute atomic E-state index is 12.6. The van der Waals surface area contributed by atoms with Crippen LogP contribution in [0.1, 0.15) is 64.5 Å². The van der Waals surface area contributed by atoms with E-state index in [0.717, 1.165) is 43.6 Å². The van der Waals surface area contributed by atoms with E-state index in [-0.39, 0.29) is 23.0 Å². The minimum Gasteiger partial charge on any atom is -0.496 e. The largest absolute Gasteiger partial charge is 0.496 e. The summed E-state index contributed by atoms with van der Waals surface area (Å²) in [6, 6.07) is 5.17. The van der Waals surface area contributed by atoms with Gasteiger partial charge in [0.05, 0.1) is 59.3 Å². The molecule has 0 atom stereocenters. The van der Waals surface area contributed by atoms with E-state index in [1.807, 2.05) is 41.5 Å². The molecule has 1 radical (unpaired) electrons. The number of carbonyl (C=O) groups is 3. The van der Waals surface area contributed by atoms with Crippen molar-refractivity contribution in [3.05, 3.63) is 72.7 Å². The van der Waals surface area contributed by atoms with Crippen molar-refractivity contribution < 1.29 is 59.9 Å². The van der Waals surface area contributed by atoms with Gasteiger partial charge in [-0.1, -0.05) is 0 Å². The van der Waals surface area contributed by atoms with Gasteiger partial charge in [-0.3, -0.25) is 0 Å². The predicted octanol–water partition coefficient (Wildman–Crippen LogP) is 7.04. The van der Waals surface area contributed by atoms with Crippen LogP contribution in [0, 0.1) is 41.5 Å². The maximum Gasteiger partial charge on any atom is 0.339 e. The molecule has 44 heavy (non-hydrogen) atoms. The molecule has 0 fully saturated rings. The van der Waals surface area contributed by atoms with Crippen molar-refractivity contribution in [3.8, 4) is 28.4 Å². The second kappa shape index (κ2) is 16.5. The van der Waals surface area contributed by atoms with Crippen LogP contribution < -0.4 is 14.2 Å². The molecule has 0 aromatic heterocycles. The fourth-order valence-corrected chi connectivity index (χ4v) is 5.72. The number of aryl methyl sites for hydroxylation is 3. The summed E-state index contributed by atoms with van der Waals surface area (Å²) in [5.74, 6) is 0.706. The van der Waals surface area contributed by atoms with Crippen LogP contribution in [0.3, 0.4) is 0 Å². The van der Waals surface area contributed by atoms with Crippen LogP contribution in [0.15, 0.2) is 22.7 Å². The summed E-state index contributed by atoms with van der Waals surface area (Å²) >= 11 is 3.37. The third-order valence-electron chi connectivity index (χ3n) is 7.11. The van der Waals surface area contributed by atoms with Gasteiger partial charge in [0.25, 0.3) is 0 Å². The van der Waals surface area contributed by atoms with Crippen LogP contribution in [0.2, 0.25) is 0 Å². The molecule has 0 amide bonds. The summed E-state index contributed by atoms with van der Waals surface area (Å²) in [5.41, 5.74) is 7.18. The van der Waals surface area contributed by atoms with E-state index in [9.17, 15) is 14.4 Å².